The summed E-state index contributed by atoms with van der Waals surface area (Å²) in [6.45, 7) is -2.42. The number of nitrogens with one attached hydrogen (secondary N) is 2. The van der Waals surface area contributed by atoms with Crippen molar-refractivity contribution in [1.29, 1.82) is 0 Å². The molecular formula is C10H9F3N2O5. The van der Waals surface area contributed by atoms with Gasteiger partial charge in [0.2, 0.25) is 5.76 Å². The van der Waals surface area contributed by atoms with Crippen molar-refractivity contribution in [2.45, 2.75) is 6.18 Å². The third-order valence-corrected chi connectivity index (χ3v) is 1.76. The van der Waals surface area contributed by atoms with Gasteiger partial charge in [-0.1, -0.05) is 0 Å². The van der Waals surface area contributed by atoms with E-state index in [9.17, 15) is 27.6 Å². The number of alkyl halides is 3. The number of rotatable bonds is 4. The predicted octanol–water partition coefficient (Wildman–Crippen LogP) is 0.825. The summed E-state index contributed by atoms with van der Waals surface area (Å²) >= 11 is 0. The minimum absolute atomic E-state index is 0.153. The zero-order valence-electron chi connectivity index (χ0n) is 9.82. The summed E-state index contributed by atoms with van der Waals surface area (Å²) in [6.07, 6.45) is -3.38. The van der Waals surface area contributed by atoms with Crippen LogP contribution >= 0.6 is 0 Å². The Morgan fingerprint density at radius 2 is 2.00 bits per heavy atom. The van der Waals surface area contributed by atoms with Gasteiger partial charge < -0.3 is 14.5 Å². The molecule has 1 aromatic rings. The molecule has 0 aliphatic heterocycles. The number of carbonyl (C=O) groups excluding carboxylic acids is 3. The molecule has 0 atom stereocenters. The molecule has 7 nitrogen and oxygen atoms in total. The Labute approximate surface area is 110 Å². The van der Waals surface area contributed by atoms with E-state index in [1.807, 2.05) is 0 Å². The molecule has 0 radical (unpaired) electrons. The number of urea groups is 1. The number of carbonyl (C=O) groups is 3. The van der Waals surface area contributed by atoms with E-state index in [-0.39, 0.29) is 5.76 Å². The number of ether oxygens (including phenoxy) is 1. The average Bonchev–Trinajstić information content (AvgIpc) is 2.86. The van der Waals surface area contributed by atoms with Gasteiger partial charge in [-0.2, -0.15) is 13.2 Å². The van der Waals surface area contributed by atoms with Gasteiger partial charge in [-0.3, -0.25) is 10.1 Å². The maximum Gasteiger partial charge on any atom is 0.405 e. The fourth-order valence-electron chi connectivity index (χ4n) is 0.984. The van der Waals surface area contributed by atoms with Gasteiger partial charge in [-0.25, -0.2) is 9.59 Å². The smallest absolute Gasteiger partial charge is 0.405 e. The molecule has 2 N–H and O–H groups in total. The highest BCUT2D eigenvalue weighted by atomic mass is 19.4. The Morgan fingerprint density at radius 1 is 1.30 bits per heavy atom. The number of esters is 1. The summed E-state index contributed by atoms with van der Waals surface area (Å²) in [5, 5.41) is 2.97. The van der Waals surface area contributed by atoms with Crippen LogP contribution in [0.25, 0.3) is 0 Å². The largest absolute Gasteiger partial charge is 0.457 e. The molecule has 0 unspecified atom stereocenters. The molecule has 20 heavy (non-hydrogen) atoms. The third-order valence-electron chi connectivity index (χ3n) is 1.76. The molecule has 1 rings (SSSR count). The zero-order chi connectivity index (χ0) is 15.2. The summed E-state index contributed by atoms with van der Waals surface area (Å²) in [7, 11) is 0. The molecule has 0 aliphatic rings. The van der Waals surface area contributed by atoms with Crippen molar-refractivity contribution in [2.24, 2.45) is 0 Å². The van der Waals surface area contributed by atoms with Gasteiger partial charge in [-0.05, 0) is 12.1 Å². The first kappa shape index (κ1) is 15.5. The molecule has 10 heteroatoms. The van der Waals surface area contributed by atoms with Crippen LogP contribution in [0, 0.1) is 0 Å². The van der Waals surface area contributed by atoms with Crippen LogP contribution in [0.5, 0.6) is 0 Å². The van der Waals surface area contributed by atoms with Crippen molar-refractivity contribution in [3.8, 4) is 0 Å². The van der Waals surface area contributed by atoms with Crippen molar-refractivity contribution in [1.82, 2.24) is 10.6 Å². The van der Waals surface area contributed by atoms with Crippen LogP contribution in [-0.4, -0.2) is 37.2 Å². The van der Waals surface area contributed by atoms with Gasteiger partial charge in [0.1, 0.15) is 6.54 Å². The van der Waals surface area contributed by atoms with Crippen LogP contribution in [0.2, 0.25) is 0 Å². The predicted molar refractivity (Wildman–Crippen MR) is 56.6 cm³/mol. The molecule has 110 valence electrons. The standard InChI is InChI=1S/C10H9F3N2O5/c11-10(12,13)5-14-9(18)15-7(16)4-20-8(17)6-2-1-3-19-6/h1-3H,4-5H2,(H2,14,15,16,18). The van der Waals surface area contributed by atoms with Gasteiger partial charge in [0.15, 0.2) is 6.61 Å². The van der Waals surface area contributed by atoms with Crippen LogP contribution in [0.15, 0.2) is 22.8 Å². The van der Waals surface area contributed by atoms with Gasteiger partial charge in [-0.15, -0.1) is 0 Å². The fourth-order valence-corrected chi connectivity index (χ4v) is 0.984. The van der Waals surface area contributed by atoms with Crippen molar-refractivity contribution in [3.05, 3.63) is 24.2 Å². The van der Waals surface area contributed by atoms with E-state index in [0.29, 0.717) is 0 Å². The molecule has 0 saturated heterocycles. The maximum atomic E-state index is 11.8. The van der Waals surface area contributed by atoms with Crippen LogP contribution in [-0.2, 0) is 9.53 Å². The Hall–Kier alpha value is -2.52. The number of furan rings is 1. The highest BCUT2D eigenvalue weighted by Gasteiger charge is 2.28. The maximum absolute atomic E-state index is 11.8. The minimum Gasteiger partial charge on any atom is -0.457 e. The average molecular weight is 294 g/mol. The first-order valence-corrected chi connectivity index (χ1v) is 5.13. The highest BCUT2D eigenvalue weighted by molar-refractivity contribution is 5.96. The Morgan fingerprint density at radius 3 is 2.55 bits per heavy atom. The first-order valence-electron chi connectivity index (χ1n) is 5.13. The molecule has 1 aromatic heterocycles. The molecule has 0 aromatic carbocycles. The summed E-state index contributed by atoms with van der Waals surface area (Å²) in [5.41, 5.74) is 0. The second-order valence-electron chi connectivity index (χ2n) is 3.40. The van der Waals surface area contributed by atoms with Gasteiger partial charge in [0.05, 0.1) is 6.26 Å². The molecule has 0 saturated carbocycles. The SMILES string of the molecule is O=C(COC(=O)c1ccco1)NC(=O)NCC(F)(F)F. The van der Waals surface area contributed by atoms with E-state index in [1.54, 1.807) is 5.32 Å². The van der Waals surface area contributed by atoms with Crippen molar-refractivity contribution in [2.75, 3.05) is 13.2 Å². The lowest BCUT2D eigenvalue weighted by molar-refractivity contribution is -0.125. The number of imide groups is 1. The van der Waals surface area contributed by atoms with E-state index < -0.39 is 37.2 Å². The zero-order valence-corrected chi connectivity index (χ0v) is 9.82. The van der Waals surface area contributed by atoms with Crippen molar-refractivity contribution >= 4 is 17.9 Å². The molecule has 0 bridgehead atoms. The lowest BCUT2D eigenvalue weighted by atomic mass is 10.4. The summed E-state index contributed by atoms with van der Waals surface area (Å²) in [6, 6.07) is 1.36. The summed E-state index contributed by atoms with van der Waals surface area (Å²) in [4.78, 5) is 33.2. The van der Waals surface area contributed by atoms with Crippen LogP contribution in [0.3, 0.4) is 0 Å². The molecule has 0 fully saturated rings. The van der Waals surface area contributed by atoms with Crippen molar-refractivity contribution in [3.63, 3.8) is 0 Å². The molecule has 0 aliphatic carbocycles. The van der Waals surface area contributed by atoms with Gasteiger partial charge in [0.25, 0.3) is 5.91 Å². The molecular weight excluding hydrogens is 285 g/mol. The minimum atomic E-state index is -4.59. The fraction of sp³-hybridized carbons (Fsp3) is 0.300. The summed E-state index contributed by atoms with van der Waals surface area (Å²) in [5.74, 6) is -2.18. The van der Waals surface area contributed by atoms with Crippen molar-refractivity contribution < 1.29 is 36.7 Å². The highest BCUT2D eigenvalue weighted by Crippen LogP contribution is 2.11. The second kappa shape index (κ2) is 6.59. The van der Waals surface area contributed by atoms with Crippen LogP contribution < -0.4 is 10.6 Å². The van der Waals surface area contributed by atoms with Crippen LogP contribution in [0.4, 0.5) is 18.0 Å². The number of amides is 3. The van der Waals surface area contributed by atoms with E-state index >= 15 is 0 Å². The van der Waals surface area contributed by atoms with Gasteiger partial charge >= 0.3 is 18.2 Å². The second-order valence-corrected chi connectivity index (χ2v) is 3.40. The Kier molecular flexibility index (Phi) is 5.12. The Bertz CT molecular complexity index is 484. The van der Waals surface area contributed by atoms with E-state index in [2.05, 4.69) is 9.15 Å². The topological polar surface area (TPSA) is 97.6 Å². The number of hydrogen-bond donors (Lipinski definition) is 2. The molecule has 0 spiro atoms. The lowest BCUT2D eigenvalue weighted by Gasteiger charge is -2.09. The number of hydrogen-bond acceptors (Lipinski definition) is 5. The van der Waals surface area contributed by atoms with E-state index in [1.165, 1.54) is 23.7 Å². The lowest BCUT2D eigenvalue weighted by Crippen LogP contribution is -2.44. The number of halogens is 3. The summed E-state index contributed by atoms with van der Waals surface area (Å²) < 4.78 is 44.4. The van der Waals surface area contributed by atoms with E-state index in [4.69, 9.17) is 0 Å². The first-order chi connectivity index (χ1) is 9.28. The normalized spacial score (nSPS) is 10.8. The third kappa shape index (κ3) is 5.89. The van der Waals surface area contributed by atoms with E-state index in [0.717, 1.165) is 0 Å². The Balaban J connectivity index is 2.26. The molecule has 3 amide bonds. The van der Waals surface area contributed by atoms with Crippen LogP contribution in [0.1, 0.15) is 10.6 Å². The quantitative estimate of drug-likeness (QED) is 0.801. The van der Waals surface area contributed by atoms with Gasteiger partial charge in [0, 0.05) is 0 Å². The monoisotopic (exact) mass is 294 g/mol. The molecule has 1 heterocycles.